The lowest BCUT2D eigenvalue weighted by Gasteiger charge is -2.12. The highest BCUT2D eigenvalue weighted by Crippen LogP contribution is 2.17. The Labute approximate surface area is 110 Å². The number of ether oxygens (including phenoxy) is 1. The molecule has 0 spiro atoms. The molecule has 1 aromatic carbocycles. The minimum atomic E-state index is -0.769. The number of hydrogen-bond acceptors (Lipinski definition) is 5. The maximum atomic E-state index is 11.6. The number of carbonyl (C=O) groups is 1. The minimum absolute atomic E-state index is 0. The summed E-state index contributed by atoms with van der Waals surface area (Å²) in [5.74, 6) is -0.435. The van der Waals surface area contributed by atoms with Crippen LogP contribution in [-0.2, 0) is 9.53 Å². The van der Waals surface area contributed by atoms with Gasteiger partial charge in [0.1, 0.15) is 6.10 Å². The number of amides is 1. The van der Waals surface area contributed by atoms with E-state index in [4.69, 9.17) is 10.5 Å². The average Bonchev–Trinajstić information content (AvgIpc) is 2.30. The quantitative estimate of drug-likeness (QED) is 0.614. The molecule has 0 aromatic heterocycles. The fraction of sp³-hybridized carbons (Fsp3) is 0.300. The molecule has 0 saturated carbocycles. The first-order valence-electron chi connectivity index (χ1n) is 4.86. The molecule has 3 N–H and O–H groups in total. The lowest BCUT2D eigenvalue weighted by atomic mass is 10.2. The van der Waals surface area contributed by atoms with Gasteiger partial charge in [0.25, 0.3) is 11.6 Å². The van der Waals surface area contributed by atoms with Crippen molar-refractivity contribution in [2.75, 3.05) is 19.0 Å². The second kappa shape index (κ2) is 7.59. The lowest BCUT2D eigenvalue weighted by Crippen LogP contribution is -2.35. The van der Waals surface area contributed by atoms with Crippen molar-refractivity contribution in [3.8, 4) is 0 Å². The Hall–Kier alpha value is -1.70. The van der Waals surface area contributed by atoms with Gasteiger partial charge in [-0.3, -0.25) is 14.9 Å². The number of benzene rings is 1. The maximum absolute atomic E-state index is 11.6. The number of methoxy groups -OCH3 is 1. The molecular weight excluding hydrogens is 262 g/mol. The van der Waals surface area contributed by atoms with Crippen LogP contribution in [-0.4, -0.2) is 30.6 Å². The van der Waals surface area contributed by atoms with Crippen LogP contribution in [0.4, 0.5) is 11.4 Å². The van der Waals surface area contributed by atoms with Gasteiger partial charge in [-0.1, -0.05) is 6.07 Å². The van der Waals surface area contributed by atoms with Crippen molar-refractivity contribution in [2.45, 2.75) is 6.10 Å². The van der Waals surface area contributed by atoms with E-state index in [0.717, 1.165) is 0 Å². The first kappa shape index (κ1) is 16.3. The summed E-state index contributed by atoms with van der Waals surface area (Å²) >= 11 is 0. The third-order valence-corrected chi connectivity index (χ3v) is 2.12. The van der Waals surface area contributed by atoms with Gasteiger partial charge in [0.2, 0.25) is 0 Å². The standard InChI is InChI=1S/C10H13N3O4.ClH/c1-17-9(6-11)10(14)12-7-3-2-4-8(5-7)13(15)16;/h2-5,9H,6,11H2,1H3,(H,12,14);1H. The lowest BCUT2D eigenvalue weighted by molar-refractivity contribution is -0.384. The van der Waals surface area contributed by atoms with Crippen LogP contribution in [0, 0.1) is 10.1 Å². The van der Waals surface area contributed by atoms with Crippen LogP contribution < -0.4 is 11.1 Å². The van der Waals surface area contributed by atoms with Crippen molar-refractivity contribution < 1.29 is 14.5 Å². The largest absolute Gasteiger partial charge is 0.370 e. The molecule has 1 atom stereocenters. The Balaban J connectivity index is 0.00000289. The third-order valence-electron chi connectivity index (χ3n) is 2.12. The van der Waals surface area contributed by atoms with E-state index in [9.17, 15) is 14.9 Å². The Bertz CT molecular complexity index is 423. The summed E-state index contributed by atoms with van der Waals surface area (Å²) < 4.78 is 4.84. The number of nitro groups is 1. The molecule has 0 aliphatic heterocycles. The summed E-state index contributed by atoms with van der Waals surface area (Å²) in [7, 11) is 1.37. The highest BCUT2D eigenvalue weighted by atomic mass is 35.5. The van der Waals surface area contributed by atoms with Gasteiger partial charge in [-0.25, -0.2) is 0 Å². The highest BCUT2D eigenvalue weighted by Gasteiger charge is 2.16. The van der Waals surface area contributed by atoms with E-state index in [1.54, 1.807) is 6.07 Å². The molecule has 0 bridgehead atoms. The van der Waals surface area contributed by atoms with Gasteiger partial charge in [0.05, 0.1) is 4.92 Å². The zero-order valence-electron chi connectivity index (χ0n) is 9.66. The fourth-order valence-electron chi connectivity index (χ4n) is 1.23. The van der Waals surface area contributed by atoms with Crippen molar-refractivity contribution in [3.05, 3.63) is 34.4 Å². The number of nitrogens with two attached hydrogens (primary N) is 1. The maximum Gasteiger partial charge on any atom is 0.271 e. The van der Waals surface area contributed by atoms with Crippen molar-refractivity contribution in [1.82, 2.24) is 0 Å². The molecule has 0 heterocycles. The van der Waals surface area contributed by atoms with Crippen LogP contribution in [0.5, 0.6) is 0 Å². The van der Waals surface area contributed by atoms with Crippen LogP contribution in [0.1, 0.15) is 0 Å². The number of nitrogens with zero attached hydrogens (tertiary/aromatic N) is 1. The predicted octanol–water partition coefficient (Wildman–Crippen LogP) is 0.929. The Kier molecular flexibility index (Phi) is 6.88. The Morgan fingerprint density at radius 3 is 2.78 bits per heavy atom. The molecule has 0 saturated heterocycles. The normalized spacial score (nSPS) is 11.2. The van der Waals surface area contributed by atoms with Crippen molar-refractivity contribution in [2.24, 2.45) is 5.73 Å². The van der Waals surface area contributed by atoms with Gasteiger partial charge in [0, 0.05) is 31.5 Å². The monoisotopic (exact) mass is 275 g/mol. The Morgan fingerprint density at radius 1 is 1.61 bits per heavy atom. The molecule has 1 rings (SSSR count). The molecule has 1 unspecified atom stereocenters. The molecule has 0 aliphatic rings. The van der Waals surface area contributed by atoms with Crippen LogP contribution in [0.25, 0.3) is 0 Å². The topological polar surface area (TPSA) is 107 Å². The number of nitrogens with one attached hydrogen (secondary N) is 1. The van der Waals surface area contributed by atoms with E-state index < -0.39 is 16.9 Å². The number of rotatable bonds is 5. The van der Waals surface area contributed by atoms with Gasteiger partial charge < -0.3 is 15.8 Å². The fourth-order valence-corrected chi connectivity index (χ4v) is 1.23. The first-order valence-corrected chi connectivity index (χ1v) is 4.86. The molecule has 1 amide bonds. The van der Waals surface area contributed by atoms with Crippen molar-refractivity contribution in [1.29, 1.82) is 0 Å². The summed E-state index contributed by atoms with van der Waals surface area (Å²) in [6.07, 6.45) is -0.769. The van der Waals surface area contributed by atoms with E-state index >= 15 is 0 Å². The number of hydrogen-bond donors (Lipinski definition) is 2. The molecule has 0 radical (unpaired) electrons. The highest BCUT2D eigenvalue weighted by molar-refractivity contribution is 5.94. The van der Waals surface area contributed by atoms with E-state index in [-0.39, 0.29) is 24.6 Å². The van der Waals surface area contributed by atoms with Gasteiger partial charge in [-0.15, -0.1) is 12.4 Å². The summed E-state index contributed by atoms with van der Waals surface area (Å²) in [6, 6.07) is 5.64. The molecular formula is C10H14ClN3O4. The van der Waals surface area contributed by atoms with Crippen LogP contribution in [0.15, 0.2) is 24.3 Å². The molecule has 7 nitrogen and oxygen atoms in total. The Morgan fingerprint density at radius 2 is 2.28 bits per heavy atom. The van der Waals surface area contributed by atoms with Crippen LogP contribution in [0.3, 0.4) is 0 Å². The molecule has 0 fully saturated rings. The zero-order chi connectivity index (χ0) is 12.8. The number of anilines is 1. The van der Waals surface area contributed by atoms with Gasteiger partial charge in [0.15, 0.2) is 0 Å². The van der Waals surface area contributed by atoms with E-state index in [2.05, 4.69) is 5.32 Å². The number of non-ortho nitro benzene ring substituents is 1. The molecule has 1 aromatic rings. The summed E-state index contributed by atoms with van der Waals surface area (Å²) in [6.45, 7) is 0.0389. The number of carbonyl (C=O) groups excluding carboxylic acids is 1. The van der Waals surface area contributed by atoms with Gasteiger partial charge in [-0.2, -0.15) is 0 Å². The number of nitro benzene ring substituents is 1. The van der Waals surface area contributed by atoms with Gasteiger partial charge in [-0.05, 0) is 6.07 Å². The predicted molar refractivity (Wildman–Crippen MR) is 68.8 cm³/mol. The van der Waals surface area contributed by atoms with Crippen LogP contribution >= 0.6 is 12.4 Å². The second-order valence-corrected chi connectivity index (χ2v) is 3.26. The summed E-state index contributed by atoms with van der Waals surface area (Å²) in [4.78, 5) is 21.6. The molecule has 0 aliphatic carbocycles. The smallest absolute Gasteiger partial charge is 0.271 e. The minimum Gasteiger partial charge on any atom is -0.370 e. The summed E-state index contributed by atoms with van der Waals surface area (Å²) in [5.41, 5.74) is 5.56. The zero-order valence-corrected chi connectivity index (χ0v) is 10.5. The molecule has 18 heavy (non-hydrogen) atoms. The van der Waals surface area contributed by atoms with Crippen molar-refractivity contribution in [3.63, 3.8) is 0 Å². The second-order valence-electron chi connectivity index (χ2n) is 3.26. The van der Waals surface area contributed by atoms with Crippen molar-refractivity contribution >= 4 is 29.7 Å². The molecule has 8 heteroatoms. The first-order chi connectivity index (χ1) is 8.08. The number of halogens is 1. The third kappa shape index (κ3) is 4.28. The van der Waals surface area contributed by atoms with E-state index in [0.29, 0.717) is 5.69 Å². The SMILES string of the molecule is COC(CN)C(=O)Nc1cccc([N+](=O)[O-])c1.Cl. The van der Waals surface area contributed by atoms with E-state index in [1.807, 2.05) is 0 Å². The van der Waals surface area contributed by atoms with Gasteiger partial charge >= 0.3 is 0 Å². The van der Waals surface area contributed by atoms with E-state index in [1.165, 1.54) is 25.3 Å². The molecule has 100 valence electrons. The summed E-state index contributed by atoms with van der Waals surface area (Å²) in [5, 5.41) is 13.0. The average molecular weight is 276 g/mol. The van der Waals surface area contributed by atoms with Crippen LogP contribution in [0.2, 0.25) is 0 Å².